The van der Waals surface area contributed by atoms with E-state index < -0.39 is 0 Å². The van der Waals surface area contributed by atoms with E-state index >= 15 is 0 Å². The van der Waals surface area contributed by atoms with Crippen LogP contribution in [0.1, 0.15) is 44.1 Å². The minimum absolute atomic E-state index is 0.153. The average Bonchev–Trinajstić information content (AvgIpc) is 2.99. The Kier molecular flexibility index (Phi) is 5.39. The molecule has 0 amide bonds. The first-order valence-electron chi connectivity index (χ1n) is 9.47. The van der Waals surface area contributed by atoms with Crippen molar-refractivity contribution in [1.82, 2.24) is 9.97 Å². The van der Waals surface area contributed by atoms with Crippen molar-refractivity contribution in [2.75, 3.05) is 11.1 Å². The summed E-state index contributed by atoms with van der Waals surface area (Å²) in [5.74, 6) is 1.97. The van der Waals surface area contributed by atoms with Crippen molar-refractivity contribution < 1.29 is 4.74 Å². The molecule has 0 spiro atoms. The number of unbranched alkanes of at least 4 members (excludes halogenated alkanes) is 1. The number of nitrogens with zero attached hydrogens (tertiary/aromatic N) is 2. The van der Waals surface area contributed by atoms with Gasteiger partial charge < -0.3 is 10.1 Å². The van der Waals surface area contributed by atoms with Gasteiger partial charge in [-0.15, -0.1) is 11.3 Å². The number of aromatic nitrogens is 2. The van der Waals surface area contributed by atoms with Gasteiger partial charge in [-0.1, -0.05) is 43.3 Å². The molecular weight excluding hydrogens is 374 g/mol. The van der Waals surface area contributed by atoms with Crippen LogP contribution in [0.3, 0.4) is 0 Å². The zero-order valence-corrected chi connectivity index (χ0v) is 17.7. The minimum Gasteiger partial charge on any atom is -0.370 e. The van der Waals surface area contributed by atoms with E-state index in [0.29, 0.717) is 6.61 Å². The summed E-state index contributed by atoms with van der Waals surface area (Å²) in [5.41, 5.74) is 2.24. The van der Waals surface area contributed by atoms with Gasteiger partial charge in [0.15, 0.2) is 5.16 Å². The first-order valence-corrected chi connectivity index (χ1v) is 11.3. The quantitative estimate of drug-likeness (QED) is 0.305. The van der Waals surface area contributed by atoms with Crippen LogP contribution in [0.2, 0.25) is 0 Å². The van der Waals surface area contributed by atoms with Crippen molar-refractivity contribution in [2.24, 2.45) is 0 Å². The highest BCUT2D eigenvalue weighted by atomic mass is 32.2. The molecule has 2 aromatic heterocycles. The van der Waals surface area contributed by atoms with Gasteiger partial charge in [-0.05, 0) is 38.0 Å². The third kappa shape index (κ3) is 4.13. The smallest absolute Gasteiger partial charge is 0.190 e. The Bertz CT molecular complexity index is 937. The number of benzene rings is 1. The van der Waals surface area contributed by atoms with E-state index in [-0.39, 0.29) is 5.60 Å². The fourth-order valence-electron chi connectivity index (χ4n) is 3.25. The fraction of sp³-hybridized carbons (Fsp3) is 0.429. The second kappa shape index (κ2) is 7.78. The highest BCUT2D eigenvalue weighted by Crippen LogP contribution is 2.42. The van der Waals surface area contributed by atoms with Crippen molar-refractivity contribution in [3.63, 3.8) is 0 Å². The van der Waals surface area contributed by atoms with Gasteiger partial charge in [0.2, 0.25) is 0 Å². The molecule has 1 aliphatic rings. The molecule has 3 aromatic rings. The number of rotatable bonds is 6. The van der Waals surface area contributed by atoms with Crippen LogP contribution in [0, 0.1) is 0 Å². The number of para-hydroxylation sites is 1. The standard InChI is InChI=1S/C21H25N3OS2/c1-4-5-11-26-20-23-18(22-14-9-7-6-8-10-14)17-15-12-21(2,3)25-13-16(15)27-19(17)24-20/h6-10H,4-5,11-13H2,1-3H3,(H,22,23,24). The highest BCUT2D eigenvalue weighted by molar-refractivity contribution is 7.99. The number of anilines is 2. The van der Waals surface area contributed by atoms with Crippen LogP contribution >= 0.6 is 23.1 Å². The van der Waals surface area contributed by atoms with E-state index in [0.717, 1.165) is 39.1 Å². The van der Waals surface area contributed by atoms with Crippen molar-refractivity contribution in [2.45, 2.75) is 57.4 Å². The average molecular weight is 400 g/mol. The molecule has 0 fully saturated rings. The lowest BCUT2D eigenvalue weighted by molar-refractivity contribution is -0.0379. The van der Waals surface area contributed by atoms with Crippen LogP contribution in [0.5, 0.6) is 0 Å². The van der Waals surface area contributed by atoms with Crippen LogP contribution < -0.4 is 5.32 Å². The largest absolute Gasteiger partial charge is 0.370 e. The number of hydrogen-bond acceptors (Lipinski definition) is 6. The first kappa shape index (κ1) is 18.7. The van der Waals surface area contributed by atoms with Crippen molar-refractivity contribution >= 4 is 44.8 Å². The predicted octanol–water partition coefficient (Wildman–Crippen LogP) is 6.18. The Hall–Kier alpha value is -1.63. The molecular formula is C21H25N3OS2. The summed E-state index contributed by atoms with van der Waals surface area (Å²) in [4.78, 5) is 12.1. The van der Waals surface area contributed by atoms with Crippen LogP contribution in [-0.4, -0.2) is 21.3 Å². The number of ether oxygens (including phenoxy) is 1. The Morgan fingerprint density at radius 2 is 2.04 bits per heavy atom. The summed E-state index contributed by atoms with van der Waals surface area (Å²) in [5, 5.41) is 5.56. The lowest BCUT2D eigenvalue weighted by Crippen LogP contribution is -2.31. The van der Waals surface area contributed by atoms with Crippen molar-refractivity contribution in [3.8, 4) is 0 Å². The second-order valence-corrected chi connectivity index (χ2v) is 9.60. The summed E-state index contributed by atoms with van der Waals surface area (Å²) in [6.07, 6.45) is 3.25. The summed E-state index contributed by atoms with van der Waals surface area (Å²) in [6.45, 7) is 7.17. The molecule has 4 nitrogen and oxygen atoms in total. The maximum Gasteiger partial charge on any atom is 0.190 e. The molecule has 6 heteroatoms. The van der Waals surface area contributed by atoms with Gasteiger partial charge in [-0.3, -0.25) is 0 Å². The van der Waals surface area contributed by atoms with Gasteiger partial charge in [0.25, 0.3) is 0 Å². The zero-order chi connectivity index (χ0) is 18.9. The molecule has 4 rings (SSSR count). The second-order valence-electron chi connectivity index (χ2n) is 7.46. The Morgan fingerprint density at radius 3 is 2.81 bits per heavy atom. The van der Waals surface area contributed by atoms with E-state index in [2.05, 4.69) is 38.2 Å². The van der Waals surface area contributed by atoms with E-state index in [1.165, 1.54) is 23.3 Å². The van der Waals surface area contributed by atoms with Crippen LogP contribution in [-0.2, 0) is 17.8 Å². The van der Waals surface area contributed by atoms with Crippen LogP contribution in [0.15, 0.2) is 35.5 Å². The van der Waals surface area contributed by atoms with Gasteiger partial charge in [0.1, 0.15) is 10.6 Å². The fourth-order valence-corrected chi connectivity index (χ4v) is 5.33. The first-order chi connectivity index (χ1) is 13.1. The SMILES string of the molecule is CCCCSc1nc(Nc2ccccc2)c2c3c(sc2n1)COC(C)(C)C3. The molecule has 0 saturated heterocycles. The zero-order valence-electron chi connectivity index (χ0n) is 16.0. The lowest BCUT2D eigenvalue weighted by Gasteiger charge is -2.30. The predicted molar refractivity (Wildman–Crippen MR) is 115 cm³/mol. The van der Waals surface area contributed by atoms with Gasteiger partial charge in [-0.25, -0.2) is 9.97 Å². The number of nitrogens with one attached hydrogen (secondary N) is 1. The third-order valence-corrected chi connectivity index (χ3v) is 6.71. The van der Waals surface area contributed by atoms with E-state index in [9.17, 15) is 0 Å². The maximum absolute atomic E-state index is 6.03. The maximum atomic E-state index is 6.03. The minimum atomic E-state index is -0.153. The van der Waals surface area contributed by atoms with Crippen LogP contribution in [0.4, 0.5) is 11.5 Å². The summed E-state index contributed by atoms with van der Waals surface area (Å²) in [7, 11) is 0. The monoisotopic (exact) mass is 399 g/mol. The molecule has 142 valence electrons. The Labute approximate surface area is 168 Å². The van der Waals surface area contributed by atoms with Gasteiger partial charge in [-0.2, -0.15) is 0 Å². The number of thioether (sulfide) groups is 1. The summed E-state index contributed by atoms with van der Waals surface area (Å²) >= 11 is 3.49. The van der Waals surface area contributed by atoms with Gasteiger partial charge >= 0.3 is 0 Å². The molecule has 0 atom stereocenters. The lowest BCUT2D eigenvalue weighted by atomic mass is 9.94. The molecule has 1 N–H and O–H groups in total. The van der Waals surface area contributed by atoms with E-state index in [1.54, 1.807) is 23.1 Å². The van der Waals surface area contributed by atoms with Gasteiger partial charge in [0.05, 0.1) is 17.6 Å². The van der Waals surface area contributed by atoms with E-state index in [4.69, 9.17) is 14.7 Å². The molecule has 0 radical (unpaired) electrons. The number of thiophene rings is 1. The molecule has 27 heavy (non-hydrogen) atoms. The number of hydrogen-bond donors (Lipinski definition) is 1. The molecule has 0 saturated carbocycles. The molecule has 1 aromatic carbocycles. The molecule has 0 bridgehead atoms. The molecule has 0 aliphatic carbocycles. The topological polar surface area (TPSA) is 47.0 Å². The Morgan fingerprint density at radius 1 is 1.22 bits per heavy atom. The summed E-state index contributed by atoms with van der Waals surface area (Å²) in [6, 6.07) is 10.3. The van der Waals surface area contributed by atoms with Crippen LogP contribution in [0.25, 0.3) is 10.2 Å². The third-order valence-electron chi connectivity index (χ3n) is 4.68. The highest BCUT2D eigenvalue weighted by Gasteiger charge is 2.31. The van der Waals surface area contributed by atoms with Crippen molar-refractivity contribution in [3.05, 3.63) is 40.8 Å². The Balaban J connectivity index is 1.79. The molecule has 0 unspecified atom stereocenters. The van der Waals surface area contributed by atoms with E-state index in [1.807, 2.05) is 18.2 Å². The summed E-state index contributed by atoms with van der Waals surface area (Å²) < 4.78 is 6.03. The normalized spacial score (nSPS) is 15.7. The molecule has 3 heterocycles. The van der Waals surface area contributed by atoms with Crippen molar-refractivity contribution in [1.29, 1.82) is 0 Å². The number of fused-ring (bicyclic) bond motifs is 3. The van der Waals surface area contributed by atoms with Gasteiger partial charge in [0, 0.05) is 22.7 Å². The molecule has 1 aliphatic heterocycles.